The molecule has 2 rings (SSSR count). The molecule has 0 fully saturated rings. The van der Waals surface area contributed by atoms with Crippen LogP contribution in [0.2, 0.25) is 0 Å². The minimum atomic E-state index is 0.0131. The largest absolute Gasteiger partial charge is 0.379 e. The van der Waals surface area contributed by atoms with Gasteiger partial charge in [0.25, 0.3) is 0 Å². The molecule has 1 aromatic heterocycles. The third kappa shape index (κ3) is 3.34. The lowest BCUT2D eigenvalue weighted by Gasteiger charge is -2.13. The number of nitrogens with one attached hydrogen (secondary N) is 2. The molecule has 0 spiro atoms. The Morgan fingerprint density at radius 3 is 2.75 bits per heavy atom. The van der Waals surface area contributed by atoms with E-state index in [-0.39, 0.29) is 5.91 Å². The van der Waals surface area contributed by atoms with E-state index in [0.29, 0.717) is 13.0 Å². The molecule has 0 saturated carbocycles. The van der Waals surface area contributed by atoms with E-state index in [9.17, 15) is 4.79 Å². The predicted molar refractivity (Wildman–Crippen MR) is 78.4 cm³/mol. The molecule has 6 heteroatoms. The maximum Gasteiger partial charge on any atom is 0.224 e. The first-order chi connectivity index (χ1) is 9.60. The molecule has 2 aromatic rings. The van der Waals surface area contributed by atoms with Gasteiger partial charge in [-0.05, 0) is 24.6 Å². The summed E-state index contributed by atoms with van der Waals surface area (Å²) < 4.78 is 1.67. The summed E-state index contributed by atoms with van der Waals surface area (Å²) in [4.78, 5) is 11.5. The summed E-state index contributed by atoms with van der Waals surface area (Å²) in [7, 11) is 1.84. The van der Waals surface area contributed by atoms with E-state index in [2.05, 4.69) is 20.9 Å². The van der Waals surface area contributed by atoms with E-state index >= 15 is 0 Å². The number of hydrogen-bond acceptors (Lipinski definition) is 4. The average Bonchev–Trinajstić information content (AvgIpc) is 2.85. The molecule has 0 aliphatic carbocycles. The van der Waals surface area contributed by atoms with Crippen molar-refractivity contribution in [1.29, 1.82) is 0 Å². The third-order valence-electron chi connectivity index (χ3n) is 3.04. The molecule has 0 atom stereocenters. The molecule has 0 saturated heterocycles. The number of nitrogens with zero attached hydrogens (tertiary/aromatic N) is 3. The molecule has 1 heterocycles. The van der Waals surface area contributed by atoms with Crippen LogP contribution < -0.4 is 10.6 Å². The van der Waals surface area contributed by atoms with Crippen LogP contribution in [0.25, 0.3) is 0 Å². The lowest BCUT2D eigenvalue weighted by molar-refractivity contribution is -0.115. The van der Waals surface area contributed by atoms with E-state index in [1.54, 1.807) is 4.68 Å². The number of benzene rings is 1. The SMILES string of the molecule is CCC(=O)Nc1cccc(NCc2cn(C)nn2)c1C. The highest BCUT2D eigenvalue weighted by atomic mass is 16.1. The maximum absolute atomic E-state index is 11.5. The van der Waals surface area contributed by atoms with E-state index in [1.807, 2.05) is 45.3 Å². The van der Waals surface area contributed by atoms with E-state index in [1.165, 1.54) is 0 Å². The molecule has 2 N–H and O–H groups in total. The van der Waals surface area contributed by atoms with Gasteiger partial charge in [0.2, 0.25) is 5.91 Å². The molecule has 0 aliphatic rings. The molecule has 106 valence electrons. The minimum absolute atomic E-state index is 0.0131. The van der Waals surface area contributed by atoms with Gasteiger partial charge >= 0.3 is 0 Å². The Bertz CT molecular complexity index is 605. The van der Waals surface area contributed by atoms with Crippen molar-refractivity contribution in [2.24, 2.45) is 7.05 Å². The van der Waals surface area contributed by atoms with Crippen LogP contribution in [-0.4, -0.2) is 20.9 Å². The van der Waals surface area contributed by atoms with Crippen molar-refractivity contribution in [2.75, 3.05) is 10.6 Å². The van der Waals surface area contributed by atoms with Crippen molar-refractivity contribution in [1.82, 2.24) is 15.0 Å². The van der Waals surface area contributed by atoms with Crippen molar-refractivity contribution in [2.45, 2.75) is 26.8 Å². The molecule has 0 bridgehead atoms. The van der Waals surface area contributed by atoms with Crippen LogP contribution in [-0.2, 0) is 18.4 Å². The predicted octanol–water partition coefficient (Wildman–Crippen LogP) is 2.08. The summed E-state index contributed by atoms with van der Waals surface area (Å²) in [6, 6.07) is 5.79. The maximum atomic E-state index is 11.5. The monoisotopic (exact) mass is 273 g/mol. The zero-order valence-electron chi connectivity index (χ0n) is 12.0. The summed E-state index contributed by atoms with van der Waals surface area (Å²) in [5, 5.41) is 14.1. The van der Waals surface area contributed by atoms with E-state index < -0.39 is 0 Å². The van der Waals surface area contributed by atoms with Crippen LogP contribution in [0.15, 0.2) is 24.4 Å². The Kier molecular flexibility index (Phi) is 4.34. The smallest absolute Gasteiger partial charge is 0.224 e. The third-order valence-corrected chi connectivity index (χ3v) is 3.04. The lowest BCUT2D eigenvalue weighted by atomic mass is 10.1. The average molecular weight is 273 g/mol. The standard InChI is InChI=1S/C14H19N5O/c1-4-14(20)16-13-7-5-6-12(10(13)2)15-8-11-9-19(3)18-17-11/h5-7,9,15H,4,8H2,1-3H3,(H,16,20). The van der Waals surface area contributed by atoms with Crippen LogP contribution in [0.5, 0.6) is 0 Å². The minimum Gasteiger partial charge on any atom is -0.379 e. The number of rotatable bonds is 5. The van der Waals surface area contributed by atoms with E-state index in [4.69, 9.17) is 0 Å². The molecule has 1 aromatic carbocycles. The fourth-order valence-corrected chi connectivity index (χ4v) is 1.86. The Hall–Kier alpha value is -2.37. The van der Waals surface area contributed by atoms with Crippen LogP contribution in [0.1, 0.15) is 24.6 Å². The van der Waals surface area contributed by atoms with Crippen molar-refractivity contribution < 1.29 is 4.79 Å². The van der Waals surface area contributed by atoms with Gasteiger partial charge in [-0.3, -0.25) is 9.48 Å². The van der Waals surface area contributed by atoms with Crippen LogP contribution in [0.4, 0.5) is 11.4 Å². The molecule has 1 amide bonds. The number of aromatic nitrogens is 3. The second-order valence-corrected chi connectivity index (χ2v) is 4.62. The molecule has 0 unspecified atom stereocenters. The van der Waals surface area contributed by atoms with Crippen molar-refractivity contribution in [3.8, 4) is 0 Å². The molecule has 20 heavy (non-hydrogen) atoms. The Balaban J connectivity index is 2.08. The van der Waals surface area contributed by atoms with Gasteiger partial charge in [0.1, 0.15) is 5.69 Å². The van der Waals surface area contributed by atoms with Gasteiger partial charge in [-0.2, -0.15) is 0 Å². The number of anilines is 2. The zero-order valence-corrected chi connectivity index (χ0v) is 12.0. The number of aryl methyl sites for hydroxylation is 1. The number of carbonyl (C=O) groups is 1. The second-order valence-electron chi connectivity index (χ2n) is 4.62. The van der Waals surface area contributed by atoms with Gasteiger partial charge in [-0.15, -0.1) is 5.10 Å². The quantitative estimate of drug-likeness (QED) is 0.875. The summed E-state index contributed by atoms with van der Waals surface area (Å²) >= 11 is 0. The molecule has 0 radical (unpaired) electrons. The van der Waals surface area contributed by atoms with E-state index in [0.717, 1.165) is 22.6 Å². The van der Waals surface area contributed by atoms with Crippen molar-refractivity contribution in [3.05, 3.63) is 35.7 Å². The van der Waals surface area contributed by atoms with Gasteiger partial charge in [-0.25, -0.2) is 0 Å². The first-order valence-corrected chi connectivity index (χ1v) is 6.58. The Morgan fingerprint density at radius 2 is 2.10 bits per heavy atom. The van der Waals surface area contributed by atoms with Crippen LogP contribution >= 0.6 is 0 Å². The summed E-state index contributed by atoms with van der Waals surface area (Å²) in [5.74, 6) is 0.0131. The second kappa shape index (κ2) is 6.18. The fourth-order valence-electron chi connectivity index (χ4n) is 1.86. The molecular weight excluding hydrogens is 254 g/mol. The van der Waals surface area contributed by atoms with Gasteiger partial charge in [0, 0.05) is 31.0 Å². The topological polar surface area (TPSA) is 71.8 Å². The van der Waals surface area contributed by atoms with Crippen LogP contribution in [0.3, 0.4) is 0 Å². The van der Waals surface area contributed by atoms with Crippen molar-refractivity contribution in [3.63, 3.8) is 0 Å². The van der Waals surface area contributed by atoms with Crippen LogP contribution in [0, 0.1) is 6.92 Å². The number of hydrogen-bond donors (Lipinski definition) is 2. The zero-order chi connectivity index (χ0) is 14.5. The summed E-state index contributed by atoms with van der Waals surface area (Å²) in [5.41, 5.74) is 3.69. The molecule has 0 aliphatic heterocycles. The fraction of sp³-hybridized carbons (Fsp3) is 0.357. The first kappa shape index (κ1) is 14.0. The lowest BCUT2D eigenvalue weighted by Crippen LogP contribution is -2.11. The Morgan fingerprint density at radius 1 is 1.35 bits per heavy atom. The van der Waals surface area contributed by atoms with Gasteiger partial charge < -0.3 is 10.6 Å². The van der Waals surface area contributed by atoms with Gasteiger partial charge in [-0.1, -0.05) is 18.2 Å². The highest BCUT2D eigenvalue weighted by Gasteiger charge is 2.07. The summed E-state index contributed by atoms with van der Waals surface area (Å²) in [6.07, 6.45) is 2.34. The highest BCUT2D eigenvalue weighted by molar-refractivity contribution is 5.92. The first-order valence-electron chi connectivity index (χ1n) is 6.58. The Labute approximate surface area is 118 Å². The van der Waals surface area contributed by atoms with Crippen molar-refractivity contribution >= 4 is 17.3 Å². The number of amides is 1. The highest BCUT2D eigenvalue weighted by Crippen LogP contribution is 2.23. The molecular formula is C14H19N5O. The molecule has 6 nitrogen and oxygen atoms in total. The summed E-state index contributed by atoms with van der Waals surface area (Å²) in [6.45, 7) is 4.41. The number of carbonyl (C=O) groups excluding carboxylic acids is 1. The van der Waals surface area contributed by atoms with Gasteiger partial charge in [0.05, 0.1) is 6.54 Å². The normalized spacial score (nSPS) is 10.3. The van der Waals surface area contributed by atoms with Gasteiger partial charge in [0.15, 0.2) is 0 Å².